The Balaban J connectivity index is 1.74. The average Bonchev–Trinajstić information content (AvgIpc) is 3.07. The predicted octanol–water partition coefficient (Wildman–Crippen LogP) is 2.20. The van der Waals surface area contributed by atoms with Crippen LogP contribution in [0.15, 0.2) is 24.4 Å². The molecule has 1 amide bonds. The van der Waals surface area contributed by atoms with E-state index in [0.29, 0.717) is 18.3 Å². The van der Waals surface area contributed by atoms with Crippen molar-refractivity contribution in [2.24, 2.45) is 13.0 Å². The van der Waals surface area contributed by atoms with E-state index in [2.05, 4.69) is 34.8 Å². The lowest BCUT2D eigenvalue weighted by atomic mass is 10.0. The van der Waals surface area contributed by atoms with Gasteiger partial charge in [-0.3, -0.25) is 9.48 Å². The molecule has 1 aromatic carbocycles. The summed E-state index contributed by atoms with van der Waals surface area (Å²) in [6.07, 6.45) is 3.82. The molecule has 0 spiro atoms. The topological polar surface area (TPSA) is 46.9 Å². The molecule has 2 aromatic rings. The molecule has 1 aliphatic rings. The zero-order valence-electron chi connectivity index (χ0n) is 11.4. The molecule has 0 unspecified atom stereocenters. The van der Waals surface area contributed by atoms with Crippen molar-refractivity contribution in [1.29, 1.82) is 0 Å². The maximum Gasteiger partial charge on any atom is 0.219 e. The van der Waals surface area contributed by atoms with Gasteiger partial charge in [-0.1, -0.05) is 19.1 Å². The van der Waals surface area contributed by atoms with Gasteiger partial charge in [0.1, 0.15) is 0 Å². The first kappa shape index (κ1) is 12.2. The molecule has 0 bridgehead atoms. The summed E-state index contributed by atoms with van der Waals surface area (Å²) in [5, 5.41) is 8.68. The van der Waals surface area contributed by atoms with Crippen LogP contribution in [-0.2, 0) is 11.8 Å². The Hall–Kier alpha value is -1.84. The Bertz CT molecular complexity index is 617. The van der Waals surface area contributed by atoms with E-state index in [4.69, 9.17) is 0 Å². The van der Waals surface area contributed by atoms with Crippen LogP contribution < -0.4 is 5.32 Å². The summed E-state index contributed by atoms with van der Waals surface area (Å²) >= 11 is 0. The Morgan fingerprint density at radius 3 is 3.16 bits per heavy atom. The zero-order chi connectivity index (χ0) is 13.4. The Kier molecular flexibility index (Phi) is 3.01. The van der Waals surface area contributed by atoms with Crippen molar-refractivity contribution < 1.29 is 4.79 Å². The lowest BCUT2D eigenvalue weighted by Gasteiger charge is -2.04. The van der Waals surface area contributed by atoms with Crippen LogP contribution in [0.5, 0.6) is 0 Å². The van der Waals surface area contributed by atoms with Crippen LogP contribution in [0.2, 0.25) is 0 Å². The lowest BCUT2D eigenvalue weighted by Crippen LogP contribution is -2.24. The highest BCUT2D eigenvalue weighted by Gasteiger charge is 2.39. The van der Waals surface area contributed by atoms with E-state index in [0.717, 1.165) is 18.5 Å². The van der Waals surface area contributed by atoms with Gasteiger partial charge >= 0.3 is 0 Å². The summed E-state index contributed by atoms with van der Waals surface area (Å²) in [6, 6.07) is 6.32. The number of hydrogen-bond acceptors (Lipinski definition) is 2. The van der Waals surface area contributed by atoms with Gasteiger partial charge < -0.3 is 5.32 Å². The average molecular weight is 257 g/mol. The third-order valence-corrected chi connectivity index (χ3v) is 3.90. The molecular formula is C15H19N3O. The van der Waals surface area contributed by atoms with E-state index < -0.39 is 0 Å². The molecule has 0 radical (unpaired) electrons. The number of aromatic nitrogens is 2. The predicted molar refractivity (Wildman–Crippen MR) is 74.9 cm³/mol. The van der Waals surface area contributed by atoms with Gasteiger partial charge in [0.05, 0.1) is 5.52 Å². The third kappa shape index (κ3) is 2.35. The van der Waals surface area contributed by atoms with E-state index in [9.17, 15) is 4.79 Å². The highest BCUT2D eigenvalue weighted by atomic mass is 16.1. The van der Waals surface area contributed by atoms with E-state index in [-0.39, 0.29) is 5.91 Å². The molecule has 0 saturated heterocycles. The number of fused-ring (bicyclic) bond motifs is 1. The van der Waals surface area contributed by atoms with Crippen molar-refractivity contribution >= 4 is 16.8 Å². The molecule has 19 heavy (non-hydrogen) atoms. The van der Waals surface area contributed by atoms with Crippen molar-refractivity contribution in [3.63, 3.8) is 0 Å². The van der Waals surface area contributed by atoms with Crippen LogP contribution in [0.3, 0.4) is 0 Å². The Labute approximate surface area is 112 Å². The van der Waals surface area contributed by atoms with E-state index >= 15 is 0 Å². The summed E-state index contributed by atoms with van der Waals surface area (Å²) in [6.45, 7) is 2.68. The number of carbonyl (C=O) groups is 1. The van der Waals surface area contributed by atoms with Gasteiger partial charge in [0.25, 0.3) is 0 Å². The van der Waals surface area contributed by atoms with Crippen molar-refractivity contribution in [2.45, 2.75) is 25.7 Å². The number of hydrogen-bond donors (Lipinski definition) is 1. The number of benzene rings is 1. The molecule has 1 heterocycles. The highest BCUT2D eigenvalue weighted by Crippen LogP contribution is 2.48. The molecule has 1 aromatic heterocycles. The van der Waals surface area contributed by atoms with Crippen molar-refractivity contribution in [2.75, 3.05) is 6.54 Å². The second-order valence-electron chi connectivity index (χ2n) is 5.34. The fourth-order valence-electron chi connectivity index (χ4n) is 2.73. The summed E-state index contributed by atoms with van der Waals surface area (Å²) in [5.41, 5.74) is 2.43. The van der Waals surface area contributed by atoms with E-state index in [1.165, 1.54) is 10.9 Å². The smallest absolute Gasteiger partial charge is 0.219 e. The highest BCUT2D eigenvalue weighted by molar-refractivity contribution is 5.83. The standard InChI is InChI=1S/C15H19N3O/c1-3-15(19)16-8-10-7-12(10)11-5-4-6-14-13(11)9-18(2)17-14/h4-6,9-10,12H,3,7-8H2,1-2H3,(H,16,19)/t10-,12+/m1/s1. The van der Waals surface area contributed by atoms with Gasteiger partial charge in [-0.2, -0.15) is 5.10 Å². The van der Waals surface area contributed by atoms with Gasteiger partial charge in [-0.15, -0.1) is 0 Å². The molecule has 4 heteroatoms. The number of aryl methyl sites for hydroxylation is 1. The number of amides is 1. The normalized spacial score (nSPS) is 21.6. The minimum atomic E-state index is 0.144. The van der Waals surface area contributed by atoms with Crippen LogP contribution in [-0.4, -0.2) is 22.2 Å². The first-order valence-corrected chi connectivity index (χ1v) is 6.88. The van der Waals surface area contributed by atoms with Crippen LogP contribution in [0.25, 0.3) is 10.9 Å². The van der Waals surface area contributed by atoms with Crippen LogP contribution in [0.1, 0.15) is 31.2 Å². The monoisotopic (exact) mass is 257 g/mol. The third-order valence-electron chi connectivity index (χ3n) is 3.90. The fraction of sp³-hybridized carbons (Fsp3) is 0.467. The quantitative estimate of drug-likeness (QED) is 0.912. The number of rotatable bonds is 4. The molecule has 3 rings (SSSR count). The summed E-state index contributed by atoms with van der Waals surface area (Å²) in [7, 11) is 1.95. The van der Waals surface area contributed by atoms with E-state index in [1.807, 2.05) is 18.7 Å². The van der Waals surface area contributed by atoms with Gasteiger partial charge in [-0.25, -0.2) is 0 Å². The number of carbonyl (C=O) groups excluding carboxylic acids is 1. The largest absolute Gasteiger partial charge is 0.356 e. The molecular weight excluding hydrogens is 238 g/mol. The second-order valence-corrected chi connectivity index (χ2v) is 5.34. The molecule has 0 aliphatic heterocycles. The minimum absolute atomic E-state index is 0.144. The summed E-state index contributed by atoms with van der Waals surface area (Å²) < 4.78 is 1.87. The molecule has 100 valence electrons. The van der Waals surface area contributed by atoms with Crippen molar-refractivity contribution in [3.8, 4) is 0 Å². The number of nitrogens with one attached hydrogen (secondary N) is 1. The zero-order valence-corrected chi connectivity index (χ0v) is 11.4. The minimum Gasteiger partial charge on any atom is -0.356 e. The molecule has 1 saturated carbocycles. The molecule has 1 N–H and O–H groups in total. The van der Waals surface area contributed by atoms with Crippen LogP contribution in [0.4, 0.5) is 0 Å². The SMILES string of the molecule is CCC(=O)NC[C@H]1C[C@@H]1c1cccc2nn(C)cc12. The van der Waals surface area contributed by atoms with Crippen LogP contribution >= 0.6 is 0 Å². The maximum atomic E-state index is 11.3. The Morgan fingerprint density at radius 2 is 2.37 bits per heavy atom. The lowest BCUT2D eigenvalue weighted by molar-refractivity contribution is -0.120. The summed E-state index contributed by atoms with van der Waals surface area (Å²) in [5.74, 6) is 1.30. The van der Waals surface area contributed by atoms with Crippen molar-refractivity contribution in [1.82, 2.24) is 15.1 Å². The fourth-order valence-corrected chi connectivity index (χ4v) is 2.73. The molecule has 1 fully saturated rings. The van der Waals surface area contributed by atoms with Gasteiger partial charge in [0.15, 0.2) is 0 Å². The molecule has 4 nitrogen and oxygen atoms in total. The number of nitrogens with zero attached hydrogens (tertiary/aromatic N) is 2. The van der Waals surface area contributed by atoms with E-state index in [1.54, 1.807) is 0 Å². The van der Waals surface area contributed by atoms with Crippen LogP contribution in [0, 0.1) is 5.92 Å². The second kappa shape index (κ2) is 4.68. The van der Waals surface area contributed by atoms with Gasteiger partial charge in [0.2, 0.25) is 5.91 Å². The first-order valence-electron chi connectivity index (χ1n) is 6.88. The van der Waals surface area contributed by atoms with Gasteiger partial charge in [0, 0.05) is 31.6 Å². The first-order chi connectivity index (χ1) is 9.19. The van der Waals surface area contributed by atoms with Crippen molar-refractivity contribution in [3.05, 3.63) is 30.0 Å². The molecule has 1 aliphatic carbocycles. The summed E-state index contributed by atoms with van der Waals surface area (Å²) in [4.78, 5) is 11.3. The molecule has 2 atom stereocenters. The Morgan fingerprint density at radius 1 is 1.53 bits per heavy atom. The van der Waals surface area contributed by atoms with Gasteiger partial charge in [-0.05, 0) is 29.9 Å². The maximum absolute atomic E-state index is 11.3.